The van der Waals surface area contributed by atoms with Crippen LogP contribution in [0.15, 0.2) is 60.9 Å². The molecule has 178 valence electrons. The van der Waals surface area contributed by atoms with Crippen molar-refractivity contribution in [3.8, 4) is 5.75 Å². The minimum Gasteiger partial charge on any atom is -0.410 e. The number of hydrogen-bond acceptors (Lipinski definition) is 5. The molecule has 2 aromatic heterocycles. The first-order valence-electron chi connectivity index (χ1n) is 11.0. The van der Waals surface area contributed by atoms with Gasteiger partial charge in [0.2, 0.25) is 0 Å². The molecule has 1 aliphatic rings. The SMILES string of the molecule is Cc1ccnc(CCc2ccc(OC(=O)N3CCN(c4ccc(C(F)(F)F)cn4)CC3)cc2)c1. The van der Waals surface area contributed by atoms with Gasteiger partial charge < -0.3 is 14.5 Å². The molecule has 0 N–H and O–H groups in total. The van der Waals surface area contributed by atoms with Gasteiger partial charge in [0, 0.05) is 44.3 Å². The first-order chi connectivity index (χ1) is 16.3. The molecule has 4 rings (SSSR count). The summed E-state index contributed by atoms with van der Waals surface area (Å²) in [4.78, 5) is 24.3. The number of anilines is 1. The Kier molecular flexibility index (Phi) is 7.00. The Bertz CT molecular complexity index is 1110. The molecule has 1 amide bonds. The number of benzene rings is 1. The fraction of sp³-hybridized carbons (Fsp3) is 0.320. The van der Waals surface area contributed by atoms with E-state index in [-0.39, 0.29) is 0 Å². The zero-order valence-electron chi connectivity index (χ0n) is 18.8. The number of hydrogen-bond donors (Lipinski definition) is 0. The van der Waals surface area contributed by atoms with Crippen molar-refractivity contribution < 1.29 is 22.7 Å². The predicted octanol–water partition coefficient (Wildman–Crippen LogP) is 4.91. The summed E-state index contributed by atoms with van der Waals surface area (Å²) in [5.74, 6) is 0.923. The van der Waals surface area contributed by atoms with Gasteiger partial charge in [-0.2, -0.15) is 13.2 Å². The number of aryl methyl sites for hydroxylation is 3. The number of pyridine rings is 2. The average molecular weight is 470 g/mol. The van der Waals surface area contributed by atoms with Crippen molar-refractivity contribution in [1.29, 1.82) is 0 Å². The van der Waals surface area contributed by atoms with Crippen LogP contribution in [0.1, 0.15) is 22.4 Å². The van der Waals surface area contributed by atoms with Crippen molar-refractivity contribution in [2.24, 2.45) is 0 Å². The summed E-state index contributed by atoms with van der Waals surface area (Å²) in [5, 5.41) is 0. The monoisotopic (exact) mass is 470 g/mol. The number of piperazine rings is 1. The molecular formula is C25H25F3N4O2. The summed E-state index contributed by atoms with van der Waals surface area (Å²) in [6.45, 7) is 3.74. The van der Waals surface area contributed by atoms with E-state index in [1.165, 1.54) is 11.6 Å². The largest absolute Gasteiger partial charge is 0.417 e. The summed E-state index contributed by atoms with van der Waals surface area (Å²) < 4.78 is 43.6. The first kappa shape index (κ1) is 23.5. The molecule has 0 radical (unpaired) electrons. The Hall–Kier alpha value is -3.62. The highest BCUT2D eigenvalue weighted by Crippen LogP contribution is 2.29. The molecule has 0 unspecified atom stereocenters. The number of halogens is 3. The highest BCUT2D eigenvalue weighted by atomic mass is 19.4. The molecule has 34 heavy (non-hydrogen) atoms. The molecule has 1 aliphatic heterocycles. The highest BCUT2D eigenvalue weighted by molar-refractivity contribution is 5.71. The molecule has 6 nitrogen and oxygen atoms in total. The zero-order valence-corrected chi connectivity index (χ0v) is 18.8. The van der Waals surface area contributed by atoms with E-state index in [1.54, 1.807) is 17.0 Å². The van der Waals surface area contributed by atoms with Crippen LogP contribution in [0.4, 0.5) is 23.8 Å². The average Bonchev–Trinajstić information content (AvgIpc) is 2.83. The van der Waals surface area contributed by atoms with Crippen molar-refractivity contribution in [3.05, 3.63) is 83.3 Å². The van der Waals surface area contributed by atoms with Crippen LogP contribution in [0.5, 0.6) is 5.75 Å². The normalized spacial score (nSPS) is 14.2. The molecule has 1 fully saturated rings. The van der Waals surface area contributed by atoms with Gasteiger partial charge in [-0.05, 0) is 67.3 Å². The van der Waals surface area contributed by atoms with Crippen LogP contribution in [0.25, 0.3) is 0 Å². The third kappa shape index (κ3) is 6.03. The van der Waals surface area contributed by atoms with Gasteiger partial charge in [0.1, 0.15) is 11.6 Å². The molecular weight excluding hydrogens is 445 g/mol. The number of carbonyl (C=O) groups excluding carboxylic acids is 1. The molecule has 0 atom stereocenters. The lowest BCUT2D eigenvalue weighted by Gasteiger charge is -2.34. The molecule has 1 aromatic carbocycles. The topological polar surface area (TPSA) is 58.6 Å². The van der Waals surface area contributed by atoms with Gasteiger partial charge >= 0.3 is 12.3 Å². The van der Waals surface area contributed by atoms with Crippen LogP contribution in [0.2, 0.25) is 0 Å². The Balaban J connectivity index is 1.25. The Morgan fingerprint density at radius 2 is 1.71 bits per heavy atom. The quantitative estimate of drug-likeness (QED) is 0.530. The Labute approximate surface area is 196 Å². The Morgan fingerprint density at radius 1 is 0.971 bits per heavy atom. The number of rotatable bonds is 5. The fourth-order valence-corrected chi connectivity index (χ4v) is 3.76. The van der Waals surface area contributed by atoms with Gasteiger partial charge in [-0.25, -0.2) is 9.78 Å². The van der Waals surface area contributed by atoms with Gasteiger partial charge in [0.25, 0.3) is 0 Å². The van der Waals surface area contributed by atoms with E-state index in [0.29, 0.717) is 37.7 Å². The van der Waals surface area contributed by atoms with E-state index in [1.807, 2.05) is 36.2 Å². The van der Waals surface area contributed by atoms with Crippen LogP contribution >= 0.6 is 0 Å². The summed E-state index contributed by atoms with van der Waals surface area (Å²) in [5.41, 5.74) is 2.57. The van der Waals surface area contributed by atoms with Crippen molar-refractivity contribution in [1.82, 2.24) is 14.9 Å². The van der Waals surface area contributed by atoms with E-state index in [2.05, 4.69) is 16.0 Å². The number of nitrogens with zero attached hydrogens (tertiary/aromatic N) is 4. The van der Waals surface area contributed by atoms with Gasteiger partial charge in [-0.3, -0.25) is 4.98 Å². The second-order valence-electron chi connectivity index (χ2n) is 8.21. The summed E-state index contributed by atoms with van der Waals surface area (Å²) in [7, 11) is 0. The lowest BCUT2D eigenvalue weighted by atomic mass is 10.1. The van der Waals surface area contributed by atoms with Crippen LogP contribution in [0.3, 0.4) is 0 Å². The van der Waals surface area contributed by atoms with Crippen molar-refractivity contribution in [3.63, 3.8) is 0 Å². The van der Waals surface area contributed by atoms with E-state index in [0.717, 1.165) is 36.4 Å². The number of amides is 1. The van der Waals surface area contributed by atoms with Crippen molar-refractivity contribution in [2.45, 2.75) is 25.9 Å². The molecule has 0 bridgehead atoms. The van der Waals surface area contributed by atoms with Gasteiger partial charge in [-0.15, -0.1) is 0 Å². The van der Waals surface area contributed by atoms with E-state index >= 15 is 0 Å². The molecule has 0 aliphatic carbocycles. The molecule has 9 heteroatoms. The maximum absolute atomic E-state index is 12.7. The second kappa shape index (κ2) is 10.1. The lowest BCUT2D eigenvalue weighted by molar-refractivity contribution is -0.137. The number of alkyl halides is 3. The van der Waals surface area contributed by atoms with E-state index in [9.17, 15) is 18.0 Å². The molecule has 0 saturated carbocycles. The second-order valence-corrected chi connectivity index (χ2v) is 8.21. The smallest absolute Gasteiger partial charge is 0.410 e. The summed E-state index contributed by atoms with van der Waals surface area (Å²) >= 11 is 0. The van der Waals surface area contributed by atoms with Crippen LogP contribution in [0, 0.1) is 6.92 Å². The molecule has 3 heterocycles. The maximum Gasteiger partial charge on any atom is 0.417 e. The van der Waals surface area contributed by atoms with E-state index in [4.69, 9.17) is 4.74 Å². The molecule has 3 aromatic rings. The van der Waals surface area contributed by atoms with Gasteiger partial charge in [0.05, 0.1) is 5.56 Å². The Morgan fingerprint density at radius 3 is 2.32 bits per heavy atom. The standard InChI is InChI=1S/C25H25F3N4O2/c1-18-10-11-29-21(16-18)6-2-19-3-7-22(8-4-19)34-24(33)32-14-12-31(13-15-32)23-9-5-20(17-30-23)25(26,27)28/h3-5,7-11,16-17H,2,6,12-15H2,1H3. The van der Waals surface area contributed by atoms with Gasteiger partial charge in [0.15, 0.2) is 0 Å². The zero-order chi connectivity index (χ0) is 24.1. The molecule has 0 spiro atoms. The number of carbonyl (C=O) groups is 1. The lowest BCUT2D eigenvalue weighted by Crippen LogP contribution is -2.49. The fourth-order valence-electron chi connectivity index (χ4n) is 3.76. The summed E-state index contributed by atoms with van der Waals surface area (Å²) in [6.07, 6.45) is -0.547. The third-order valence-electron chi connectivity index (χ3n) is 5.71. The summed E-state index contributed by atoms with van der Waals surface area (Å²) in [6, 6.07) is 13.8. The minimum absolute atomic E-state index is 0.392. The molecule has 1 saturated heterocycles. The highest BCUT2D eigenvalue weighted by Gasteiger charge is 2.31. The maximum atomic E-state index is 12.7. The number of aromatic nitrogens is 2. The third-order valence-corrected chi connectivity index (χ3v) is 5.71. The van der Waals surface area contributed by atoms with Crippen LogP contribution in [-0.2, 0) is 19.0 Å². The predicted molar refractivity (Wildman–Crippen MR) is 122 cm³/mol. The minimum atomic E-state index is -4.41. The van der Waals surface area contributed by atoms with Crippen LogP contribution in [-0.4, -0.2) is 47.1 Å². The van der Waals surface area contributed by atoms with Gasteiger partial charge in [-0.1, -0.05) is 12.1 Å². The van der Waals surface area contributed by atoms with Crippen molar-refractivity contribution in [2.75, 3.05) is 31.1 Å². The van der Waals surface area contributed by atoms with Crippen LogP contribution < -0.4 is 9.64 Å². The number of ether oxygens (including phenoxy) is 1. The first-order valence-corrected chi connectivity index (χ1v) is 11.0. The van der Waals surface area contributed by atoms with Crippen molar-refractivity contribution >= 4 is 11.9 Å². The van der Waals surface area contributed by atoms with E-state index < -0.39 is 17.8 Å².